The van der Waals surface area contributed by atoms with Crippen LogP contribution < -0.4 is 0 Å². The first-order valence-electron chi connectivity index (χ1n) is 3.89. The molecule has 1 aromatic carbocycles. The molecule has 1 aromatic rings. The smallest absolute Gasteiger partial charge is 0.383 e. The van der Waals surface area contributed by atoms with Gasteiger partial charge in [0.2, 0.25) is 0 Å². The molecule has 78 valence electrons. The summed E-state index contributed by atoms with van der Waals surface area (Å²) in [5, 5.41) is 9.20. The number of hydrogen-bond donors (Lipinski definition) is 1. The highest BCUT2D eigenvalue weighted by Gasteiger charge is 2.37. The highest BCUT2D eigenvalue weighted by atomic mass is 35.5. The zero-order valence-corrected chi connectivity index (χ0v) is 7.81. The maximum Gasteiger partial charge on any atom is 0.414 e. The summed E-state index contributed by atoms with van der Waals surface area (Å²) in [6.45, 7) is 0. The number of alkyl halides is 3. The van der Waals surface area contributed by atoms with E-state index in [4.69, 9.17) is 16.7 Å². The Balaban J connectivity index is 2.65. The van der Waals surface area contributed by atoms with E-state index in [0.717, 1.165) is 0 Å². The Bertz CT molecular complexity index is 294. The van der Waals surface area contributed by atoms with Crippen LogP contribution in [0.4, 0.5) is 13.2 Å². The minimum atomic E-state index is -4.57. The summed E-state index contributed by atoms with van der Waals surface area (Å²) < 4.78 is 35.8. The molecule has 0 aliphatic carbocycles. The largest absolute Gasteiger partial charge is 0.414 e. The molecule has 0 saturated carbocycles. The highest BCUT2D eigenvalue weighted by Crippen LogP contribution is 2.23. The molecule has 1 N–H and O–H groups in total. The summed E-state index contributed by atoms with van der Waals surface area (Å²) in [5.74, 6) is 0. The normalized spacial score (nSPS) is 14.1. The molecule has 0 heterocycles. The van der Waals surface area contributed by atoms with E-state index in [9.17, 15) is 13.2 Å². The highest BCUT2D eigenvalue weighted by molar-refractivity contribution is 6.30. The molecule has 1 rings (SSSR count). The Morgan fingerprint density at radius 1 is 1.21 bits per heavy atom. The van der Waals surface area contributed by atoms with E-state index >= 15 is 0 Å². The van der Waals surface area contributed by atoms with Gasteiger partial charge in [-0.2, -0.15) is 13.2 Å². The molecule has 1 nitrogen and oxygen atoms in total. The summed E-state index contributed by atoms with van der Waals surface area (Å²) in [6, 6.07) is 5.88. The van der Waals surface area contributed by atoms with Crippen LogP contribution >= 0.6 is 11.6 Å². The molecule has 0 saturated heterocycles. The standard InChI is InChI=1S/C9H8ClF3O/c10-7-3-1-6(2-4-7)5-8(14)9(11,12)13/h1-4,8,14H,5H2. The van der Waals surface area contributed by atoms with E-state index in [1.54, 1.807) is 0 Å². The summed E-state index contributed by atoms with van der Waals surface area (Å²) in [7, 11) is 0. The van der Waals surface area contributed by atoms with Gasteiger partial charge in [-0.1, -0.05) is 23.7 Å². The summed E-state index contributed by atoms with van der Waals surface area (Å²) in [4.78, 5) is 0. The zero-order chi connectivity index (χ0) is 10.8. The van der Waals surface area contributed by atoms with Crippen molar-refractivity contribution in [1.29, 1.82) is 0 Å². The third-order valence-electron chi connectivity index (χ3n) is 1.72. The van der Waals surface area contributed by atoms with E-state index in [1.807, 2.05) is 0 Å². The first-order valence-corrected chi connectivity index (χ1v) is 4.26. The van der Waals surface area contributed by atoms with Crippen LogP contribution in [0.2, 0.25) is 5.02 Å². The molecule has 0 aliphatic rings. The molecule has 0 aromatic heterocycles. The van der Waals surface area contributed by atoms with Crippen molar-refractivity contribution in [1.82, 2.24) is 0 Å². The Hall–Kier alpha value is -0.740. The van der Waals surface area contributed by atoms with Crippen LogP contribution in [0.15, 0.2) is 24.3 Å². The van der Waals surface area contributed by atoms with Gasteiger partial charge in [-0.15, -0.1) is 0 Å². The summed E-state index contributed by atoms with van der Waals surface area (Å²) in [5.41, 5.74) is 0.402. The number of rotatable bonds is 2. The Labute approximate surface area is 84.1 Å². The fraction of sp³-hybridized carbons (Fsp3) is 0.333. The second kappa shape index (κ2) is 4.19. The van der Waals surface area contributed by atoms with Crippen LogP contribution in [-0.2, 0) is 6.42 Å². The molecule has 0 aliphatic heterocycles. The average molecular weight is 225 g/mol. The molecule has 0 fully saturated rings. The predicted octanol–water partition coefficient (Wildman–Crippen LogP) is 2.81. The molecule has 0 spiro atoms. The van der Waals surface area contributed by atoms with Gasteiger partial charge in [0.25, 0.3) is 0 Å². The van der Waals surface area contributed by atoms with Crippen LogP contribution in [0.1, 0.15) is 5.56 Å². The fourth-order valence-electron chi connectivity index (χ4n) is 0.959. The second-order valence-corrected chi connectivity index (χ2v) is 3.32. The molecule has 0 amide bonds. The van der Waals surface area contributed by atoms with E-state index in [-0.39, 0.29) is 0 Å². The van der Waals surface area contributed by atoms with E-state index < -0.39 is 18.7 Å². The van der Waals surface area contributed by atoms with E-state index in [2.05, 4.69) is 0 Å². The number of hydrogen-bond acceptors (Lipinski definition) is 1. The van der Waals surface area contributed by atoms with Crippen LogP contribution in [0, 0.1) is 0 Å². The van der Waals surface area contributed by atoms with Crippen LogP contribution in [0.25, 0.3) is 0 Å². The molecule has 1 atom stereocenters. The van der Waals surface area contributed by atoms with Crippen molar-refractivity contribution in [3.05, 3.63) is 34.9 Å². The van der Waals surface area contributed by atoms with Gasteiger partial charge in [-0.3, -0.25) is 0 Å². The van der Waals surface area contributed by atoms with Gasteiger partial charge in [-0.25, -0.2) is 0 Å². The summed E-state index contributed by atoms with van der Waals surface area (Å²) >= 11 is 5.55. The van der Waals surface area contributed by atoms with Crippen molar-refractivity contribution < 1.29 is 18.3 Å². The topological polar surface area (TPSA) is 20.2 Å². The van der Waals surface area contributed by atoms with Crippen molar-refractivity contribution in [2.75, 3.05) is 0 Å². The second-order valence-electron chi connectivity index (χ2n) is 2.89. The maximum atomic E-state index is 11.9. The average Bonchev–Trinajstić information content (AvgIpc) is 2.07. The molecule has 1 unspecified atom stereocenters. The van der Waals surface area contributed by atoms with E-state index in [1.165, 1.54) is 24.3 Å². The lowest BCUT2D eigenvalue weighted by atomic mass is 10.1. The monoisotopic (exact) mass is 224 g/mol. The van der Waals surface area contributed by atoms with Gasteiger partial charge >= 0.3 is 6.18 Å². The first-order chi connectivity index (χ1) is 6.39. The van der Waals surface area contributed by atoms with Gasteiger partial charge in [-0.05, 0) is 17.7 Å². The van der Waals surface area contributed by atoms with Crippen molar-refractivity contribution in [2.45, 2.75) is 18.7 Å². The minimum absolute atomic E-state index is 0.402. The third-order valence-corrected chi connectivity index (χ3v) is 1.97. The lowest BCUT2D eigenvalue weighted by molar-refractivity contribution is -0.203. The van der Waals surface area contributed by atoms with Crippen LogP contribution in [0.3, 0.4) is 0 Å². The molecular weight excluding hydrogens is 217 g/mol. The Kier molecular flexibility index (Phi) is 3.39. The molecule has 5 heteroatoms. The lowest BCUT2D eigenvalue weighted by Gasteiger charge is -2.14. The molecule has 0 radical (unpaired) electrons. The Morgan fingerprint density at radius 2 is 1.71 bits per heavy atom. The van der Waals surface area contributed by atoms with Crippen molar-refractivity contribution in [3.8, 4) is 0 Å². The number of aliphatic hydroxyl groups is 1. The summed E-state index contributed by atoms with van der Waals surface area (Å²) in [6.07, 6.45) is -7.33. The minimum Gasteiger partial charge on any atom is -0.383 e. The number of aliphatic hydroxyl groups excluding tert-OH is 1. The van der Waals surface area contributed by atoms with Gasteiger partial charge < -0.3 is 5.11 Å². The van der Waals surface area contributed by atoms with Crippen molar-refractivity contribution in [3.63, 3.8) is 0 Å². The van der Waals surface area contributed by atoms with Crippen molar-refractivity contribution in [2.24, 2.45) is 0 Å². The number of benzene rings is 1. The van der Waals surface area contributed by atoms with Gasteiger partial charge in [0, 0.05) is 11.4 Å². The quantitative estimate of drug-likeness (QED) is 0.819. The van der Waals surface area contributed by atoms with E-state index in [0.29, 0.717) is 10.6 Å². The molecule has 0 bridgehead atoms. The van der Waals surface area contributed by atoms with Crippen LogP contribution in [-0.4, -0.2) is 17.4 Å². The maximum absolute atomic E-state index is 11.9. The predicted molar refractivity (Wildman–Crippen MR) is 47.2 cm³/mol. The fourth-order valence-corrected chi connectivity index (χ4v) is 1.09. The lowest BCUT2D eigenvalue weighted by Crippen LogP contribution is -2.30. The molecular formula is C9H8ClF3O. The van der Waals surface area contributed by atoms with Crippen molar-refractivity contribution >= 4 is 11.6 Å². The third kappa shape index (κ3) is 3.20. The zero-order valence-electron chi connectivity index (χ0n) is 7.05. The van der Waals surface area contributed by atoms with Gasteiger partial charge in [0.05, 0.1) is 0 Å². The van der Waals surface area contributed by atoms with Crippen LogP contribution in [0.5, 0.6) is 0 Å². The SMILES string of the molecule is OC(Cc1ccc(Cl)cc1)C(F)(F)F. The molecule has 14 heavy (non-hydrogen) atoms. The van der Waals surface area contributed by atoms with Gasteiger partial charge in [0.15, 0.2) is 6.10 Å². The number of halogens is 4. The Morgan fingerprint density at radius 3 is 2.14 bits per heavy atom. The first kappa shape index (κ1) is 11.3. The van der Waals surface area contributed by atoms with Gasteiger partial charge in [0.1, 0.15) is 0 Å².